The first-order chi connectivity index (χ1) is 8.19. The molecule has 2 rings (SSSR count). The third kappa shape index (κ3) is 2.69. The zero-order valence-corrected chi connectivity index (χ0v) is 9.57. The number of aromatic nitrogens is 2. The van der Waals surface area contributed by atoms with Crippen molar-refractivity contribution >= 4 is 5.95 Å². The Hall–Kier alpha value is -2.17. The maximum Gasteiger partial charge on any atom is 0.225 e. The lowest BCUT2D eigenvalue weighted by molar-refractivity contribution is 0.426. The molecule has 0 bridgehead atoms. The number of nitrogens with zero attached hydrogens (tertiary/aromatic N) is 2. The molecule has 1 aromatic heterocycles. The van der Waals surface area contributed by atoms with E-state index in [1.807, 2.05) is 6.92 Å². The first kappa shape index (κ1) is 11.3. The van der Waals surface area contributed by atoms with Gasteiger partial charge >= 0.3 is 0 Å². The molecule has 2 aromatic rings. The van der Waals surface area contributed by atoms with E-state index in [0.29, 0.717) is 11.8 Å². The van der Waals surface area contributed by atoms with Gasteiger partial charge in [0.1, 0.15) is 0 Å². The number of ether oxygens (including phenoxy) is 1. The molecule has 1 heterocycles. The van der Waals surface area contributed by atoms with Crippen LogP contribution in [-0.4, -0.2) is 17.0 Å². The smallest absolute Gasteiger partial charge is 0.225 e. The lowest BCUT2D eigenvalue weighted by Gasteiger charge is -2.07. The van der Waals surface area contributed by atoms with Crippen LogP contribution in [0.5, 0.6) is 11.6 Å². The average molecular weight is 233 g/mol. The third-order valence-corrected chi connectivity index (χ3v) is 2.11. The first-order valence-electron chi connectivity index (χ1n) is 5.15. The third-order valence-electron chi connectivity index (χ3n) is 2.11. The Morgan fingerprint density at radius 3 is 2.71 bits per heavy atom. The van der Waals surface area contributed by atoms with Crippen LogP contribution < -0.4 is 10.1 Å². The summed E-state index contributed by atoms with van der Waals surface area (Å²) in [6.07, 6.45) is 0. The van der Waals surface area contributed by atoms with Gasteiger partial charge in [-0.3, -0.25) is 0 Å². The van der Waals surface area contributed by atoms with Gasteiger partial charge in [-0.1, -0.05) is 12.1 Å². The van der Waals surface area contributed by atoms with Gasteiger partial charge in [0.2, 0.25) is 11.8 Å². The monoisotopic (exact) mass is 233 g/mol. The molecule has 88 valence electrons. The quantitative estimate of drug-likeness (QED) is 0.885. The molecule has 0 spiro atoms. The summed E-state index contributed by atoms with van der Waals surface area (Å²) in [5, 5.41) is 2.81. The second-order valence-electron chi connectivity index (χ2n) is 3.45. The van der Waals surface area contributed by atoms with Gasteiger partial charge in [0.15, 0.2) is 11.6 Å². The number of hydrogen-bond donors (Lipinski definition) is 1. The molecule has 0 aliphatic carbocycles. The van der Waals surface area contributed by atoms with Gasteiger partial charge in [0, 0.05) is 18.8 Å². The topological polar surface area (TPSA) is 47.0 Å². The second kappa shape index (κ2) is 4.78. The lowest BCUT2D eigenvalue weighted by Crippen LogP contribution is -2.00. The van der Waals surface area contributed by atoms with E-state index < -0.39 is 5.82 Å². The van der Waals surface area contributed by atoms with Crippen molar-refractivity contribution in [2.24, 2.45) is 0 Å². The molecule has 0 radical (unpaired) electrons. The van der Waals surface area contributed by atoms with E-state index in [4.69, 9.17) is 4.74 Å². The fourth-order valence-corrected chi connectivity index (χ4v) is 1.34. The zero-order chi connectivity index (χ0) is 12.3. The van der Waals surface area contributed by atoms with E-state index in [2.05, 4.69) is 15.3 Å². The molecule has 17 heavy (non-hydrogen) atoms. The Balaban J connectivity index is 2.30. The van der Waals surface area contributed by atoms with E-state index in [-0.39, 0.29) is 5.75 Å². The molecule has 0 saturated carbocycles. The van der Waals surface area contributed by atoms with E-state index in [1.54, 1.807) is 31.3 Å². The van der Waals surface area contributed by atoms with Gasteiger partial charge < -0.3 is 10.1 Å². The number of nitrogens with one attached hydrogen (secondary N) is 1. The molecule has 0 amide bonds. The Bertz CT molecular complexity index is 531. The van der Waals surface area contributed by atoms with E-state index in [9.17, 15) is 4.39 Å². The van der Waals surface area contributed by atoms with Crippen LogP contribution in [0.15, 0.2) is 30.3 Å². The van der Waals surface area contributed by atoms with Gasteiger partial charge in [0.05, 0.1) is 0 Å². The molecule has 0 saturated heterocycles. The number of anilines is 1. The molecule has 0 unspecified atom stereocenters. The van der Waals surface area contributed by atoms with Crippen molar-refractivity contribution in [3.05, 3.63) is 41.8 Å². The Morgan fingerprint density at radius 1 is 1.24 bits per heavy atom. The van der Waals surface area contributed by atoms with Crippen molar-refractivity contribution in [1.82, 2.24) is 9.97 Å². The van der Waals surface area contributed by atoms with Crippen LogP contribution in [0.4, 0.5) is 10.3 Å². The SMILES string of the molecule is CNc1nc(C)cc(Oc2ccccc2F)n1. The molecule has 5 heteroatoms. The van der Waals surface area contributed by atoms with E-state index in [0.717, 1.165) is 5.69 Å². The highest BCUT2D eigenvalue weighted by atomic mass is 19.1. The Kier molecular flexibility index (Phi) is 3.18. The normalized spacial score (nSPS) is 10.1. The molecular weight excluding hydrogens is 221 g/mol. The largest absolute Gasteiger partial charge is 0.436 e. The van der Waals surface area contributed by atoms with Crippen LogP contribution in [0.1, 0.15) is 5.69 Å². The van der Waals surface area contributed by atoms with Crippen molar-refractivity contribution in [2.75, 3.05) is 12.4 Å². The number of rotatable bonds is 3. The van der Waals surface area contributed by atoms with Crippen molar-refractivity contribution in [3.8, 4) is 11.6 Å². The summed E-state index contributed by atoms with van der Waals surface area (Å²) >= 11 is 0. The number of halogens is 1. The summed E-state index contributed by atoms with van der Waals surface area (Å²) in [5.74, 6) is 0.478. The summed E-state index contributed by atoms with van der Waals surface area (Å²) < 4.78 is 18.7. The molecule has 1 N–H and O–H groups in total. The average Bonchev–Trinajstić information content (AvgIpc) is 2.31. The zero-order valence-electron chi connectivity index (χ0n) is 9.57. The van der Waals surface area contributed by atoms with E-state index >= 15 is 0 Å². The van der Waals surface area contributed by atoms with Gasteiger partial charge in [-0.2, -0.15) is 4.98 Å². The molecule has 0 atom stereocenters. The standard InChI is InChI=1S/C12H12FN3O/c1-8-7-11(16-12(14-2)15-8)17-10-6-4-3-5-9(10)13/h3-7H,1-2H3,(H,14,15,16). The van der Waals surface area contributed by atoms with Crippen molar-refractivity contribution in [2.45, 2.75) is 6.92 Å². The molecule has 4 nitrogen and oxygen atoms in total. The lowest BCUT2D eigenvalue weighted by atomic mass is 10.3. The fraction of sp³-hybridized carbons (Fsp3) is 0.167. The highest BCUT2D eigenvalue weighted by Crippen LogP contribution is 2.23. The molecule has 0 fully saturated rings. The highest BCUT2D eigenvalue weighted by Gasteiger charge is 2.06. The predicted molar refractivity (Wildman–Crippen MR) is 62.8 cm³/mol. The minimum absolute atomic E-state index is 0.146. The molecule has 0 aliphatic rings. The fourth-order valence-electron chi connectivity index (χ4n) is 1.34. The second-order valence-corrected chi connectivity index (χ2v) is 3.45. The Morgan fingerprint density at radius 2 is 2.00 bits per heavy atom. The number of benzene rings is 1. The van der Waals surface area contributed by atoms with Gasteiger partial charge in [-0.05, 0) is 19.1 Å². The number of para-hydroxylation sites is 1. The maximum absolute atomic E-state index is 13.4. The molecule has 0 aliphatic heterocycles. The van der Waals surface area contributed by atoms with E-state index in [1.165, 1.54) is 6.07 Å². The van der Waals surface area contributed by atoms with Crippen molar-refractivity contribution in [1.29, 1.82) is 0 Å². The van der Waals surface area contributed by atoms with Crippen LogP contribution in [0.3, 0.4) is 0 Å². The first-order valence-corrected chi connectivity index (χ1v) is 5.15. The Labute approximate surface area is 98.5 Å². The minimum Gasteiger partial charge on any atom is -0.436 e. The minimum atomic E-state index is -0.422. The summed E-state index contributed by atoms with van der Waals surface area (Å²) in [6, 6.07) is 7.83. The van der Waals surface area contributed by atoms with Crippen molar-refractivity contribution < 1.29 is 9.13 Å². The van der Waals surface area contributed by atoms with Crippen LogP contribution in [0, 0.1) is 12.7 Å². The van der Waals surface area contributed by atoms with Crippen LogP contribution in [0.2, 0.25) is 0 Å². The predicted octanol–water partition coefficient (Wildman–Crippen LogP) is 2.76. The number of aryl methyl sites for hydroxylation is 1. The van der Waals surface area contributed by atoms with Gasteiger partial charge in [-0.15, -0.1) is 0 Å². The molecular formula is C12H12FN3O. The highest BCUT2D eigenvalue weighted by molar-refractivity contribution is 5.33. The summed E-state index contributed by atoms with van der Waals surface area (Å²) in [7, 11) is 1.71. The molecule has 1 aromatic carbocycles. The summed E-state index contributed by atoms with van der Waals surface area (Å²) in [6.45, 7) is 1.82. The maximum atomic E-state index is 13.4. The summed E-state index contributed by atoms with van der Waals surface area (Å²) in [4.78, 5) is 8.20. The summed E-state index contributed by atoms with van der Waals surface area (Å²) in [5.41, 5.74) is 0.746. The van der Waals surface area contributed by atoms with Crippen LogP contribution in [0.25, 0.3) is 0 Å². The van der Waals surface area contributed by atoms with Crippen LogP contribution >= 0.6 is 0 Å². The van der Waals surface area contributed by atoms with Gasteiger partial charge in [-0.25, -0.2) is 9.37 Å². The van der Waals surface area contributed by atoms with Gasteiger partial charge in [0.25, 0.3) is 0 Å². The van der Waals surface area contributed by atoms with Crippen molar-refractivity contribution in [3.63, 3.8) is 0 Å². The number of hydrogen-bond acceptors (Lipinski definition) is 4. The van der Waals surface area contributed by atoms with Crippen LogP contribution in [-0.2, 0) is 0 Å².